The summed E-state index contributed by atoms with van der Waals surface area (Å²) < 4.78 is 6.08. The van der Waals surface area contributed by atoms with Gasteiger partial charge >= 0.3 is 0 Å². The standard InChI is InChI=1S/C21H16ClN5S/c22-20-19(11-23)21(28-26-20)25-12-17-3-1-2-4-18(17)16-7-5-15(6-8-16)13-27-10-9-24-14-27/h1-10,14,25H,12-13H2. The first-order chi connectivity index (χ1) is 13.7. The Hall–Kier alpha value is -3.14. The Morgan fingerprint density at radius 1 is 1.14 bits per heavy atom. The van der Waals surface area contributed by atoms with Gasteiger partial charge < -0.3 is 9.88 Å². The summed E-state index contributed by atoms with van der Waals surface area (Å²) in [5.74, 6) is 0. The number of hydrogen-bond acceptors (Lipinski definition) is 5. The number of benzene rings is 2. The molecule has 0 radical (unpaired) electrons. The van der Waals surface area contributed by atoms with Gasteiger partial charge in [0.2, 0.25) is 0 Å². The van der Waals surface area contributed by atoms with E-state index in [0.29, 0.717) is 17.1 Å². The Kier molecular flexibility index (Phi) is 5.38. The lowest BCUT2D eigenvalue weighted by molar-refractivity contribution is 0.797. The van der Waals surface area contributed by atoms with Crippen molar-refractivity contribution in [2.75, 3.05) is 5.32 Å². The minimum atomic E-state index is 0.247. The van der Waals surface area contributed by atoms with Gasteiger partial charge in [0.15, 0.2) is 5.15 Å². The Balaban J connectivity index is 1.53. The number of anilines is 1. The summed E-state index contributed by atoms with van der Waals surface area (Å²) >= 11 is 7.15. The highest BCUT2D eigenvalue weighted by molar-refractivity contribution is 7.10. The second-order valence-corrected chi connectivity index (χ2v) is 7.36. The van der Waals surface area contributed by atoms with E-state index >= 15 is 0 Å². The zero-order valence-electron chi connectivity index (χ0n) is 14.8. The van der Waals surface area contributed by atoms with E-state index in [4.69, 9.17) is 11.6 Å². The number of halogens is 1. The van der Waals surface area contributed by atoms with Crippen LogP contribution in [0.2, 0.25) is 5.15 Å². The molecule has 28 heavy (non-hydrogen) atoms. The molecule has 0 unspecified atom stereocenters. The van der Waals surface area contributed by atoms with Crippen LogP contribution in [-0.2, 0) is 13.1 Å². The van der Waals surface area contributed by atoms with Gasteiger partial charge in [-0.15, -0.1) is 0 Å². The van der Waals surface area contributed by atoms with Crippen LogP contribution in [-0.4, -0.2) is 13.9 Å². The van der Waals surface area contributed by atoms with Crippen LogP contribution in [0.3, 0.4) is 0 Å². The lowest BCUT2D eigenvalue weighted by Crippen LogP contribution is -2.01. The highest BCUT2D eigenvalue weighted by Crippen LogP contribution is 2.30. The van der Waals surface area contributed by atoms with Crippen molar-refractivity contribution < 1.29 is 0 Å². The Bertz CT molecular complexity index is 1110. The van der Waals surface area contributed by atoms with Gasteiger partial charge in [-0.05, 0) is 33.8 Å². The molecule has 2 aromatic heterocycles. The zero-order valence-corrected chi connectivity index (χ0v) is 16.4. The van der Waals surface area contributed by atoms with E-state index in [9.17, 15) is 5.26 Å². The van der Waals surface area contributed by atoms with Crippen LogP contribution in [0.4, 0.5) is 5.00 Å². The van der Waals surface area contributed by atoms with Gasteiger partial charge in [-0.3, -0.25) is 0 Å². The molecule has 4 aromatic rings. The van der Waals surface area contributed by atoms with E-state index in [1.807, 2.05) is 29.2 Å². The highest BCUT2D eigenvalue weighted by Gasteiger charge is 2.12. The van der Waals surface area contributed by atoms with Crippen molar-refractivity contribution in [2.45, 2.75) is 13.1 Å². The second kappa shape index (κ2) is 8.26. The van der Waals surface area contributed by atoms with E-state index in [-0.39, 0.29) is 5.15 Å². The molecule has 5 nitrogen and oxygen atoms in total. The molecular formula is C21H16ClN5S. The van der Waals surface area contributed by atoms with Crippen molar-refractivity contribution >= 4 is 28.1 Å². The number of nitrogens with one attached hydrogen (secondary N) is 1. The van der Waals surface area contributed by atoms with Crippen molar-refractivity contribution in [3.05, 3.63) is 89.1 Å². The maximum atomic E-state index is 9.22. The second-order valence-electron chi connectivity index (χ2n) is 6.23. The van der Waals surface area contributed by atoms with Gasteiger partial charge in [0.05, 0.1) is 6.33 Å². The third kappa shape index (κ3) is 3.91. The molecule has 0 amide bonds. The van der Waals surface area contributed by atoms with Gasteiger partial charge in [-0.2, -0.15) is 9.64 Å². The van der Waals surface area contributed by atoms with Gasteiger partial charge in [0, 0.05) is 25.5 Å². The smallest absolute Gasteiger partial charge is 0.162 e. The summed E-state index contributed by atoms with van der Waals surface area (Å²) in [4.78, 5) is 4.08. The molecule has 0 aliphatic heterocycles. The van der Waals surface area contributed by atoms with Crippen LogP contribution >= 0.6 is 23.1 Å². The predicted octanol–water partition coefficient (Wildman–Crippen LogP) is 5.19. The summed E-state index contributed by atoms with van der Waals surface area (Å²) in [6, 6.07) is 18.9. The molecule has 2 aromatic carbocycles. The summed E-state index contributed by atoms with van der Waals surface area (Å²) in [5, 5.41) is 13.5. The van der Waals surface area contributed by atoms with Crippen LogP contribution in [0.15, 0.2) is 67.3 Å². The van der Waals surface area contributed by atoms with Crippen LogP contribution in [0.5, 0.6) is 0 Å². The van der Waals surface area contributed by atoms with Crippen molar-refractivity contribution in [1.29, 1.82) is 5.26 Å². The zero-order chi connectivity index (χ0) is 19.3. The molecule has 0 aliphatic carbocycles. The van der Waals surface area contributed by atoms with E-state index in [1.165, 1.54) is 17.1 Å². The number of aromatic nitrogens is 3. The quantitative estimate of drug-likeness (QED) is 0.479. The van der Waals surface area contributed by atoms with Gasteiger partial charge in [-0.1, -0.05) is 60.1 Å². The molecule has 0 saturated carbocycles. The molecule has 0 atom stereocenters. The highest BCUT2D eigenvalue weighted by atomic mass is 35.5. The van der Waals surface area contributed by atoms with E-state index < -0.39 is 0 Å². The Morgan fingerprint density at radius 2 is 1.96 bits per heavy atom. The SMILES string of the molecule is N#Cc1c(Cl)nsc1NCc1ccccc1-c1ccc(Cn2ccnc2)cc1. The minimum absolute atomic E-state index is 0.247. The maximum Gasteiger partial charge on any atom is 0.162 e. The molecule has 4 rings (SSSR count). The van der Waals surface area contributed by atoms with Crippen molar-refractivity contribution in [2.24, 2.45) is 0 Å². The summed E-state index contributed by atoms with van der Waals surface area (Å²) in [7, 11) is 0. The normalized spacial score (nSPS) is 10.6. The lowest BCUT2D eigenvalue weighted by atomic mass is 9.98. The first kappa shape index (κ1) is 18.2. The third-order valence-electron chi connectivity index (χ3n) is 4.41. The number of rotatable bonds is 6. The summed E-state index contributed by atoms with van der Waals surface area (Å²) in [6.07, 6.45) is 5.55. The Labute approximate surface area is 172 Å². The molecule has 2 heterocycles. The molecule has 1 N–H and O–H groups in total. The first-order valence-electron chi connectivity index (χ1n) is 8.66. The number of nitrogens with zero attached hydrogens (tertiary/aromatic N) is 4. The molecule has 0 bridgehead atoms. The topological polar surface area (TPSA) is 66.5 Å². The molecule has 138 valence electrons. The molecular weight excluding hydrogens is 390 g/mol. The van der Waals surface area contributed by atoms with Crippen molar-refractivity contribution in [3.63, 3.8) is 0 Å². The molecule has 0 saturated heterocycles. The fourth-order valence-electron chi connectivity index (χ4n) is 3.00. The fourth-order valence-corrected chi connectivity index (χ4v) is 3.93. The summed E-state index contributed by atoms with van der Waals surface area (Å²) in [6.45, 7) is 1.38. The van der Waals surface area contributed by atoms with Gasteiger partial charge in [-0.25, -0.2) is 4.98 Å². The monoisotopic (exact) mass is 405 g/mol. The fraction of sp³-hybridized carbons (Fsp3) is 0.0952. The maximum absolute atomic E-state index is 9.22. The third-order valence-corrected chi connectivity index (χ3v) is 5.59. The van der Waals surface area contributed by atoms with Crippen molar-refractivity contribution in [3.8, 4) is 17.2 Å². The van der Waals surface area contributed by atoms with E-state index in [2.05, 4.69) is 57.1 Å². The summed E-state index contributed by atoms with van der Waals surface area (Å²) in [5.41, 5.74) is 5.05. The van der Waals surface area contributed by atoms with E-state index in [0.717, 1.165) is 23.2 Å². The Morgan fingerprint density at radius 3 is 2.71 bits per heavy atom. The van der Waals surface area contributed by atoms with Crippen LogP contribution < -0.4 is 5.32 Å². The van der Waals surface area contributed by atoms with Gasteiger partial charge in [0.25, 0.3) is 0 Å². The largest absolute Gasteiger partial charge is 0.370 e. The van der Waals surface area contributed by atoms with Crippen LogP contribution in [0, 0.1) is 11.3 Å². The average Bonchev–Trinajstić information content (AvgIpc) is 3.36. The average molecular weight is 406 g/mol. The minimum Gasteiger partial charge on any atom is -0.370 e. The number of hydrogen-bond donors (Lipinski definition) is 1. The molecule has 7 heteroatoms. The number of nitriles is 1. The predicted molar refractivity (Wildman–Crippen MR) is 112 cm³/mol. The van der Waals surface area contributed by atoms with E-state index in [1.54, 1.807) is 6.20 Å². The van der Waals surface area contributed by atoms with Crippen molar-refractivity contribution in [1.82, 2.24) is 13.9 Å². The first-order valence-corrected chi connectivity index (χ1v) is 9.82. The molecule has 0 aliphatic rings. The van der Waals surface area contributed by atoms with Gasteiger partial charge in [0.1, 0.15) is 16.6 Å². The molecule has 0 spiro atoms. The lowest BCUT2D eigenvalue weighted by Gasteiger charge is -2.12. The van der Waals surface area contributed by atoms with Crippen LogP contribution in [0.25, 0.3) is 11.1 Å². The molecule has 0 fully saturated rings. The number of imidazole rings is 1. The van der Waals surface area contributed by atoms with Crippen LogP contribution in [0.1, 0.15) is 16.7 Å².